The maximum atomic E-state index is 11.8. The van der Waals surface area contributed by atoms with Crippen molar-refractivity contribution in [3.05, 3.63) is 42.2 Å². The number of benzene rings is 1. The summed E-state index contributed by atoms with van der Waals surface area (Å²) in [5.41, 5.74) is 0.823. The highest BCUT2D eigenvalue weighted by Crippen LogP contribution is 2.20. The predicted octanol–water partition coefficient (Wildman–Crippen LogP) is 1.13. The maximum absolute atomic E-state index is 11.8. The second kappa shape index (κ2) is 7.95. The Hall–Kier alpha value is -2.87. The van der Waals surface area contributed by atoms with Gasteiger partial charge in [0.1, 0.15) is 12.0 Å². The van der Waals surface area contributed by atoms with E-state index in [2.05, 4.69) is 20.3 Å². The Morgan fingerprint density at radius 1 is 1.26 bits per heavy atom. The van der Waals surface area contributed by atoms with Crippen LogP contribution in [-0.4, -0.2) is 37.7 Å². The molecular formula is C15H17N3O5. The number of aromatic nitrogens is 1. The first-order valence-electron chi connectivity index (χ1n) is 6.80. The van der Waals surface area contributed by atoms with Gasteiger partial charge in [-0.3, -0.25) is 14.9 Å². The zero-order chi connectivity index (χ0) is 16.7. The van der Waals surface area contributed by atoms with Gasteiger partial charge in [0.05, 0.1) is 13.2 Å². The van der Waals surface area contributed by atoms with Crippen molar-refractivity contribution < 1.29 is 23.6 Å². The minimum Gasteiger partial charge on any atom is -0.497 e. The van der Waals surface area contributed by atoms with Gasteiger partial charge < -0.3 is 19.3 Å². The average molecular weight is 319 g/mol. The van der Waals surface area contributed by atoms with Gasteiger partial charge >= 0.3 is 11.8 Å². The molecule has 0 spiro atoms. The number of rotatable bonds is 6. The molecule has 1 aromatic carbocycles. The summed E-state index contributed by atoms with van der Waals surface area (Å²) in [5, 5.41) is 8.30. The average Bonchev–Trinajstić information content (AvgIpc) is 3.08. The van der Waals surface area contributed by atoms with E-state index in [1.165, 1.54) is 19.4 Å². The van der Waals surface area contributed by atoms with Gasteiger partial charge in [0.15, 0.2) is 5.82 Å². The molecule has 1 atom stereocenters. The largest absolute Gasteiger partial charge is 0.497 e. The zero-order valence-electron chi connectivity index (χ0n) is 12.7. The molecule has 2 N–H and O–H groups in total. The van der Waals surface area contributed by atoms with E-state index in [1.807, 2.05) is 12.1 Å². The smallest absolute Gasteiger partial charge is 0.314 e. The van der Waals surface area contributed by atoms with E-state index in [9.17, 15) is 9.59 Å². The van der Waals surface area contributed by atoms with Crippen molar-refractivity contribution in [3.63, 3.8) is 0 Å². The molecule has 1 aromatic heterocycles. The van der Waals surface area contributed by atoms with Crippen molar-refractivity contribution in [2.75, 3.05) is 26.1 Å². The second-order valence-corrected chi connectivity index (χ2v) is 4.55. The van der Waals surface area contributed by atoms with Gasteiger partial charge in [0, 0.05) is 19.7 Å². The number of anilines is 1. The quantitative estimate of drug-likeness (QED) is 0.774. The summed E-state index contributed by atoms with van der Waals surface area (Å²) >= 11 is 0. The van der Waals surface area contributed by atoms with Crippen LogP contribution in [0.5, 0.6) is 5.75 Å². The van der Waals surface area contributed by atoms with Crippen LogP contribution in [0.2, 0.25) is 0 Å². The number of nitrogens with zero attached hydrogens (tertiary/aromatic N) is 1. The highest BCUT2D eigenvalue weighted by molar-refractivity contribution is 6.39. The lowest BCUT2D eigenvalue weighted by molar-refractivity contribution is -0.136. The van der Waals surface area contributed by atoms with Crippen LogP contribution in [-0.2, 0) is 14.3 Å². The SMILES string of the molecule is COc1cccc([C@H](CNC(=O)C(=O)Nc2ccon2)OC)c1. The molecule has 122 valence electrons. The lowest BCUT2D eigenvalue weighted by Crippen LogP contribution is -2.38. The van der Waals surface area contributed by atoms with Gasteiger partial charge in [-0.15, -0.1) is 0 Å². The molecule has 2 amide bonds. The summed E-state index contributed by atoms with van der Waals surface area (Å²) in [5.74, 6) is -0.779. The van der Waals surface area contributed by atoms with Crippen molar-refractivity contribution >= 4 is 17.6 Å². The van der Waals surface area contributed by atoms with E-state index in [1.54, 1.807) is 19.2 Å². The summed E-state index contributed by atoms with van der Waals surface area (Å²) < 4.78 is 15.1. The molecule has 0 bridgehead atoms. The normalized spacial score (nSPS) is 11.6. The molecule has 0 saturated heterocycles. The van der Waals surface area contributed by atoms with Gasteiger partial charge in [0.25, 0.3) is 0 Å². The van der Waals surface area contributed by atoms with Crippen LogP contribution in [0.1, 0.15) is 11.7 Å². The molecule has 8 nitrogen and oxygen atoms in total. The standard InChI is InChI=1S/C15H17N3O5/c1-21-11-5-3-4-10(8-11)12(22-2)9-16-14(19)15(20)17-13-6-7-23-18-13/h3-8,12H,9H2,1-2H3,(H,16,19)(H,17,18,20)/t12-/m0/s1. The minimum absolute atomic E-state index is 0.134. The van der Waals surface area contributed by atoms with Gasteiger partial charge in [-0.25, -0.2) is 0 Å². The Balaban J connectivity index is 1.91. The lowest BCUT2D eigenvalue weighted by atomic mass is 10.1. The van der Waals surface area contributed by atoms with Crippen LogP contribution in [0.25, 0.3) is 0 Å². The highest BCUT2D eigenvalue weighted by atomic mass is 16.5. The number of hydrogen-bond acceptors (Lipinski definition) is 6. The summed E-state index contributed by atoms with van der Waals surface area (Å²) in [6, 6.07) is 8.70. The van der Waals surface area contributed by atoms with Crippen LogP contribution in [0.3, 0.4) is 0 Å². The lowest BCUT2D eigenvalue weighted by Gasteiger charge is -2.17. The molecule has 0 aliphatic rings. The van der Waals surface area contributed by atoms with Gasteiger partial charge in [-0.2, -0.15) is 0 Å². The first-order chi connectivity index (χ1) is 11.1. The third-order valence-electron chi connectivity index (χ3n) is 3.08. The topological polar surface area (TPSA) is 103 Å². The fraction of sp³-hybridized carbons (Fsp3) is 0.267. The van der Waals surface area contributed by atoms with E-state index in [4.69, 9.17) is 9.47 Å². The number of methoxy groups -OCH3 is 2. The fourth-order valence-corrected chi connectivity index (χ4v) is 1.89. The molecule has 1 heterocycles. The maximum Gasteiger partial charge on any atom is 0.314 e. The van der Waals surface area contributed by atoms with Crippen molar-refractivity contribution in [2.45, 2.75) is 6.10 Å². The number of ether oxygens (including phenoxy) is 2. The fourth-order valence-electron chi connectivity index (χ4n) is 1.89. The molecule has 0 radical (unpaired) electrons. The molecule has 0 fully saturated rings. The molecule has 0 unspecified atom stereocenters. The molecule has 2 aromatic rings. The summed E-state index contributed by atoms with van der Waals surface area (Å²) in [4.78, 5) is 23.5. The van der Waals surface area contributed by atoms with Crippen LogP contribution in [0, 0.1) is 0 Å². The van der Waals surface area contributed by atoms with Crippen LogP contribution < -0.4 is 15.4 Å². The third-order valence-corrected chi connectivity index (χ3v) is 3.08. The Bertz CT molecular complexity index is 657. The van der Waals surface area contributed by atoms with Crippen LogP contribution in [0.15, 0.2) is 41.1 Å². The molecule has 0 saturated carbocycles. The monoisotopic (exact) mass is 319 g/mol. The molecule has 0 aliphatic heterocycles. The first kappa shape index (κ1) is 16.5. The number of carbonyl (C=O) groups is 2. The number of amides is 2. The van der Waals surface area contributed by atoms with Crippen LogP contribution in [0.4, 0.5) is 5.82 Å². The van der Waals surface area contributed by atoms with E-state index >= 15 is 0 Å². The van der Waals surface area contributed by atoms with E-state index in [0.717, 1.165) is 5.56 Å². The van der Waals surface area contributed by atoms with Gasteiger partial charge in [0.2, 0.25) is 0 Å². The number of nitrogens with one attached hydrogen (secondary N) is 2. The molecule has 2 rings (SSSR count). The highest BCUT2D eigenvalue weighted by Gasteiger charge is 2.18. The summed E-state index contributed by atoms with van der Waals surface area (Å²) in [6.45, 7) is 0.134. The van der Waals surface area contributed by atoms with Crippen molar-refractivity contribution in [3.8, 4) is 5.75 Å². The Labute approximate surface area is 132 Å². The van der Waals surface area contributed by atoms with E-state index in [0.29, 0.717) is 5.75 Å². The van der Waals surface area contributed by atoms with Crippen molar-refractivity contribution in [2.24, 2.45) is 0 Å². The summed E-state index contributed by atoms with van der Waals surface area (Å²) in [7, 11) is 3.09. The molecular weight excluding hydrogens is 302 g/mol. The minimum atomic E-state index is -0.834. The van der Waals surface area contributed by atoms with E-state index in [-0.39, 0.29) is 12.4 Å². The molecule has 23 heavy (non-hydrogen) atoms. The van der Waals surface area contributed by atoms with Crippen molar-refractivity contribution in [1.29, 1.82) is 0 Å². The predicted molar refractivity (Wildman–Crippen MR) is 80.9 cm³/mol. The summed E-state index contributed by atoms with van der Waals surface area (Å²) in [6.07, 6.45) is 0.881. The zero-order valence-corrected chi connectivity index (χ0v) is 12.7. The van der Waals surface area contributed by atoms with E-state index < -0.39 is 17.9 Å². The number of carbonyl (C=O) groups excluding carboxylic acids is 2. The Kier molecular flexibility index (Phi) is 5.70. The number of hydrogen-bond donors (Lipinski definition) is 2. The van der Waals surface area contributed by atoms with Gasteiger partial charge in [-0.05, 0) is 17.7 Å². The molecule has 8 heteroatoms. The van der Waals surface area contributed by atoms with Gasteiger partial charge in [-0.1, -0.05) is 17.3 Å². The first-order valence-corrected chi connectivity index (χ1v) is 6.80. The Morgan fingerprint density at radius 3 is 2.74 bits per heavy atom. The second-order valence-electron chi connectivity index (χ2n) is 4.55. The van der Waals surface area contributed by atoms with Crippen molar-refractivity contribution in [1.82, 2.24) is 10.5 Å². The molecule has 0 aliphatic carbocycles. The Morgan fingerprint density at radius 2 is 2.09 bits per heavy atom. The third kappa shape index (κ3) is 4.55. The van der Waals surface area contributed by atoms with Crippen LogP contribution >= 0.6 is 0 Å².